The molecular weight excluding hydrogens is 388 g/mol. The summed E-state index contributed by atoms with van der Waals surface area (Å²) < 4.78 is 32.3. The Hall–Kier alpha value is -2.04. The number of nitrogens with one attached hydrogen (secondary N) is 1. The molecule has 1 saturated heterocycles. The minimum absolute atomic E-state index is 0.148. The lowest BCUT2D eigenvalue weighted by Gasteiger charge is -2.23. The minimum Gasteiger partial charge on any atom is -0.497 e. The van der Waals surface area contributed by atoms with Gasteiger partial charge in [0.05, 0.1) is 12.0 Å². The fraction of sp³-hybridized carbons (Fsp3) is 0.471. The largest absolute Gasteiger partial charge is 0.497 e. The van der Waals surface area contributed by atoms with Crippen LogP contribution in [0.2, 0.25) is 0 Å². The third-order valence-corrected chi connectivity index (χ3v) is 7.69. The van der Waals surface area contributed by atoms with Crippen LogP contribution in [0.15, 0.2) is 29.2 Å². The fourth-order valence-electron chi connectivity index (χ4n) is 3.14. The van der Waals surface area contributed by atoms with E-state index in [4.69, 9.17) is 4.74 Å². The van der Waals surface area contributed by atoms with Gasteiger partial charge in [-0.1, -0.05) is 11.3 Å². The van der Waals surface area contributed by atoms with Crippen LogP contribution in [0.25, 0.3) is 0 Å². The number of ether oxygens (including phenoxy) is 1. The average molecular weight is 409 g/mol. The first-order valence-corrected chi connectivity index (χ1v) is 11.0. The van der Waals surface area contributed by atoms with Crippen molar-refractivity contribution in [1.82, 2.24) is 14.5 Å². The molecule has 0 spiro atoms. The van der Waals surface area contributed by atoms with Crippen LogP contribution >= 0.6 is 11.3 Å². The number of benzene rings is 1. The van der Waals surface area contributed by atoms with E-state index in [1.165, 1.54) is 34.9 Å². The van der Waals surface area contributed by atoms with Crippen molar-refractivity contribution in [2.45, 2.75) is 42.5 Å². The van der Waals surface area contributed by atoms with E-state index in [9.17, 15) is 13.2 Å². The van der Waals surface area contributed by atoms with Crippen molar-refractivity contribution in [1.29, 1.82) is 0 Å². The van der Waals surface area contributed by atoms with Gasteiger partial charge in [0.15, 0.2) is 0 Å². The quantitative estimate of drug-likeness (QED) is 0.786. The highest BCUT2D eigenvalue weighted by atomic mass is 32.2. The summed E-state index contributed by atoms with van der Waals surface area (Å²) in [6.45, 7) is 0.315. The first-order chi connectivity index (χ1) is 13.0. The van der Waals surface area contributed by atoms with Gasteiger partial charge in [0.2, 0.25) is 21.1 Å². The number of carbonyl (C=O) groups excluding carboxylic acids is 1. The number of hydrogen-bond acceptors (Lipinski definition) is 7. The number of aromatic nitrogens is 2. The van der Waals surface area contributed by atoms with Crippen molar-refractivity contribution in [3.8, 4) is 5.75 Å². The SMILES string of the molecule is COc1ccc(S(=O)(=O)N2CCC[C@H]2C(=O)Nc2nnc(C3CC3)s2)cc1. The summed E-state index contributed by atoms with van der Waals surface area (Å²) in [5, 5.41) is 12.2. The summed E-state index contributed by atoms with van der Waals surface area (Å²) in [6, 6.07) is 5.44. The van der Waals surface area contributed by atoms with Crippen molar-refractivity contribution in [2.24, 2.45) is 0 Å². The number of anilines is 1. The zero-order valence-electron chi connectivity index (χ0n) is 14.8. The summed E-state index contributed by atoms with van der Waals surface area (Å²) in [4.78, 5) is 12.8. The summed E-state index contributed by atoms with van der Waals surface area (Å²) in [5.41, 5.74) is 0. The Morgan fingerprint density at radius 2 is 1.96 bits per heavy atom. The number of rotatable bonds is 6. The molecule has 2 aromatic rings. The number of methoxy groups -OCH3 is 1. The van der Waals surface area contributed by atoms with Crippen LogP contribution in [0, 0.1) is 0 Å². The van der Waals surface area contributed by atoms with Crippen molar-refractivity contribution in [3.05, 3.63) is 29.3 Å². The van der Waals surface area contributed by atoms with Crippen LogP contribution in [0.5, 0.6) is 5.75 Å². The van der Waals surface area contributed by atoms with Gasteiger partial charge >= 0.3 is 0 Å². The van der Waals surface area contributed by atoms with E-state index in [1.54, 1.807) is 12.1 Å². The molecule has 1 aliphatic carbocycles. The van der Waals surface area contributed by atoms with Crippen LogP contribution in [0.4, 0.5) is 5.13 Å². The van der Waals surface area contributed by atoms with E-state index in [0.29, 0.717) is 36.2 Å². The molecule has 0 radical (unpaired) electrons. The molecule has 27 heavy (non-hydrogen) atoms. The Morgan fingerprint density at radius 3 is 2.63 bits per heavy atom. The standard InChI is InChI=1S/C17H20N4O4S2/c1-25-12-6-8-13(9-7-12)27(23,24)21-10-2-3-14(21)15(22)18-17-20-19-16(26-17)11-4-5-11/h6-9,11,14H,2-5,10H2,1H3,(H,18,20,22)/t14-/m0/s1. The molecule has 8 nitrogen and oxygen atoms in total. The highest BCUT2D eigenvalue weighted by molar-refractivity contribution is 7.89. The second-order valence-electron chi connectivity index (χ2n) is 6.66. The molecule has 1 N–H and O–H groups in total. The van der Waals surface area contributed by atoms with E-state index in [-0.39, 0.29) is 10.8 Å². The van der Waals surface area contributed by atoms with Gasteiger partial charge in [0, 0.05) is 12.5 Å². The summed E-state index contributed by atoms with van der Waals surface area (Å²) >= 11 is 1.36. The molecule has 4 rings (SSSR count). The highest BCUT2D eigenvalue weighted by Crippen LogP contribution is 2.42. The lowest BCUT2D eigenvalue weighted by atomic mass is 10.2. The van der Waals surface area contributed by atoms with Gasteiger partial charge in [-0.2, -0.15) is 4.31 Å². The molecule has 0 bridgehead atoms. The fourth-order valence-corrected chi connectivity index (χ4v) is 5.71. The van der Waals surface area contributed by atoms with E-state index in [0.717, 1.165) is 17.8 Å². The normalized spacial score (nSPS) is 20.6. The van der Waals surface area contributed by atoms with E-state index in [2.05, 4.69) is 15.5 Å². The summed E-state index contributed by atoms with van der Waals surface area (Å²) in [7, 11) is -2.24. The lowest BCUT2D eigenvalue weighted by molar-refractivity contribution is -0.119. The molecular formula is C17H20N4O4S2. The number of carbonyl (C=O) groups is 1. The van der Waals surface area contributed by atoms with Crippen molar-refractivity contribution >= 4 is 32.4 Å². The molecule has 1 aliphatic heterocycles. The molecule has 1 atom stereocenters. The van der Waals surface area contributed by atoms with Crippen molar-refractivity contribution in [2.75, 3.05) is 19.0 Å². The maximum Gasteiger partial charge on any atom is 0.244 e. The number of nitrogens with zero attached hydrogens (tertiary/aromatic N) is 3. The van der Waals surface area contributed by atoms with Crippen LogP contribution in [0.3, 0.4) is 0 Å². The monoisotopic (exact) mass is 408 g/mol. The van der Waals surface area contributed by atoms with Gasteiger partial charge in [0.25, 0.3) is 0 Å². The average Bonchev–Trinajstić information content (AvgIpc) is 3.20. The Kier molecular flexibility index (Phi) is 4.87. The zero-order chi connectivity index (χ0) is 19.0. The van der Waals surface area contributed by atoms with E-state index >= 15 is 0 Å². The summed E-state index contributed by atoms with van der Waals surface area (Å²) in [5.74, 6) is 0.682. The number of hydrogen-bond donors (Lipinski definition) is 1. The molecule has 144 valence electrons. The van der Waals surface area contributed by atoms with Gasteiger partial charge < -0.3 is 4.74 Å². The third kappa shape index (κ3) is 3.69. The highest BCUT2D eigenvalue weighted by Gasteiger charge is 2.40. The van der Waals surface area contributed by atoms with Gasteiger partial charge in [-0.05, 0) is 49.9 Å². The molecule has 2 aliphatic rings. The van der Waals surface area contributed by atoms with Gasteiger partial charge in [-0.25, -0.2) is 8.42 Å². The maximum atomic E-state index is 13.0. The predicted molar refractivity (Wildman–Crippen MR) is 100 cm³/mol. The zero-order valence-corrected chi connectivity index (χ0v) is 16.4. The Labute approximate surface area is 161 Å². The Morgan fingerprint density at radius 1 is 1.22 bits per heavy atom. The minimum atomic E-state index is -3.76. The molecule has 1 saturated carbocycles. The smallest absolute Gasteiger partial charge is 0.244 e. The second-order valence-corrected chi connectivity index (χ2v) is 9.56. The topological polar surface area (TPSA) is 101 Å². The number of amides is 1. The van der Waals surface area contributed by atoms with E-state index < -0.39 is 16.1 Å². The lowest BCUT2D eigenvalue weighted by Crippen LogP contribution is -2.43. The third-order valence-electron chi connectivity index (χ3n) is 4.77. The molecule has 2 fully saturated rings. The maximum absolute atomic E-state index is 13.0. The molecule has 0 unspecified atom stereocenters. The molecule has 10 heteroatoms. The molecule has 1 aromatic heterocycles. The predicted octanol–water partition coefficient (Wildman–Crippen LogP) is 2.22. The number of sulfonamides is 1. The molecule has 1 amide bonds. The van der Waals surface area contributed by atoms with Crippen molar-refractivity contribution < 1.29 is 17.9 Å². The molecule has 1 aromatic carbocycles. The Bertz CT molecular complexity index is 938. The summed E-state index contributed by atoms with van der Waals surface area (Å²) in [6.07, 6.45) is 3.34. The Balaban J connectivity index is 1.50. The van der Waals surface area contributed by atoms with E-state index in [1.807, 2.05) is 0 Å². The van der Waals surface area contributed by atoms with Crippen LogP contribution in [-0.2, 0) is 14.8 Å². The molecule has 2 heterocycles. The van der Waals surface area contributed by atoms with Crippen LogP contribution in [-0.4, -0.2) is 48.5 Å². The van der Waals surface area contributed by atoms with Gasteiger partial charge in [-0.15, -0.1) is 10.2 Å². The van der Waals surface area contributed by atoms with Crippen molar-refractivity contribution in [3.63, 3.8) is 0 Å². The van der Waals surface area contributed by atoms with Crippen LogP contribution < -0.4 is 10.1 Å². The van der Waals surface area contributed by atoms with Gasteiger partial charge in [-0.3, -0.25) is 10.1 Å². The van der Waals surface area contributed by atoms with Gasteiger partial charge in [0.1, 0.15) is 16.8 Å². The second kappa shape index (κ2) is 7.17. The van der Waals surface area contributed by atoms with Crippen LogP contribution in [0.1, 0.15) is 36.6 Å². The first kappa shape index (κ1) is 18.3. The first-order valence-electron chi connectivity index (χ1n) is 8.79.